The molecule has 0 saturated carbocycles. The topological polar surface area (TPSA) is 83.0 Å². The van der Waals surface area contributed by atoms with Gasteiger partial charge in [0, 0.05) is 18.1 Å². The van der Waals surface area contributed by atoms with E-state index in [-0.39, 0.29) is 10.7 Å². The minimum Gasteiger partial charge on any atom is -0.358 e. The van der Waals surface area contributed by atoms with Gasteiger partial charge in [-0.25, -0.2) is 0 Å². The Morgan fingerprint density at radius 3 is 2.81 bits per heavy atom. The van der Waals surface area contributed by atoms with Crippen molar-refractivity contribution in [3.05, 3.63) is 43.6 Å². The molecule has 2 aromatic rings. The molecule has 8 heteroatoms. The summed E-state index contributed by atoms with van der Waals surface area (Å²) in [7, 11) is 0. The van der Waals surface area contributed by atoms with Crippen molar-refractivity contribution in [1.82, 2.24) is 14.3 Å². The van der Waals surface area contributed by atoms with Crippen molar-refractivity contribution in [2.45, 2.75) is 13.1 Å². The number of aryl methyl sites for hydroxylation is 2. The van der Waals surface area contributed by atoms with Gasteiger partial charge in [0.2, 0.25) is 0 Å². The lowest BCUT2D eigenvalue weighted by Crippen LogP contribution is -2.16. The predicted octanol–water partition coefficient (Wildman–Crippen LogP) is 0.715. The normalized spacial score (nSPS) is 10.5. The van der Waals surface area contributed by atoms with Crippen LogP contribution in [0.2, 0.25) is 0 Å². The van der Waals surface area contributed by atoms with Crippen molar-refractivity contribution < 1.29 is 4.92 Å². The van der Waals surface area contributed by atoms with Crippen molar-refractivity contribution in [3.63, 3.8) is 0 Å². The summed E-state index contributed by atoms with van der Waals surface area (Å²) < 4.78 is 2.99. The summed E-state index contributed by atoms with van der Waals surface area (Å²) in [6, 6.07) is 1.33. The van der Waals surface area contributed by atoms with Crippen LogP contribution in [0.5, 0.6) is 0 Å². The van der Waals surface area contributed by atoms with Crippen LogP contribution in [0.15, 0.2) is 28.6 Å². The van der Waals surface area contributed by atoms with Crippen LogP contribution >= 0.6 is 11.3 Å². The second kappa shape index (κ2) is 4.27. The maximum absolute atomic E-state index is 11.2. The number of aromatic nitrogens is 3. The first-order chi connectivity index (χ1) is 7.66. The number of rotatable bonds is 4. The zero-order valence-corrected chi connectivity index (χ0v) is 8.96. The van der Waals surface area contributed by atoms with E-state index in [1.54, 1.807) is 11.6 Å². The molecular weight excluding hydrogens is 232 g/mol. The molecule has 2 rings (SSSR count). The van der Waals surface area contributed by atoms with Crippen LogP contribution in [0.1, 0.15) is 0 Å². The first kappa shape index (κ1) is 10.6. The van der Waals surface area contributed by atoms with Gasteiger partial charge in [0.15, 0.2) is 0 Å². The van der Waals surface area contributed by atoms with Gasteiger partial charge in [-0.05, 0) is 4.92 Å². The highest BCUT2D eigenvalue weighted by Gasteiger charge is 2.10. The van der Waals surface area contributed by atoms with E-state index in [0.717, 1.165) is 11.3 Å². The van der Waals surface area contributed by atoms with Gasteiger partial charge in [0.05, 0.1) is 23.9 Å². The van der Waals surface area contributed by atoms with Crippen LogP contribution in [0.25, 0.3) is 0 Å². The fourth-order valence-corrected chi connectivity index (χ4v) is 1.85. The molecule has 16 heavy (non-hydrogen) atoms. The minimum absolute atomic E-state index is 0.0401. The molecule has 0 aromatic carbocycles. The van der Waals surface area contributed by atoms with Crippen LogP contribution < -0.4 is 4.87 Å². The number of hydrogen-bond donors (Lipinski definition) is 0. The lowest BCUT2D eigenvalue weighted by Gasteiger charge is -1.97. The number of nitrogens with zero attached hydrogens (tertiary/aromatic N) is 4. The van der Waals surface area contributed by atoms with Gasteiger partial charge in [-0.15, -0.1) is 0 Å². The van der Waals surface area contributed by atoms with Gasteiger partial charge in [0.25, 0.3) is 0 Å². The molecule has 84 valence electrons. The largest absolute Gasteiger partial charge is 0.389 e. The zero-order valence-electron chi connectivity index (χ0n) is 8.15. The van der Waals surface area contributed by atoms with Crippen molar-refractivity contribution >= 4 is 17.2 Å². The first-order valence-corrected chi connectivity index (χ1v) is 5.36. The first-order valence-electron chi connectivity index (χ1n) is 4.48. The Morgan fingerprint density at radius 1 is 1.44 bits per heavy atom. The molecule has 2 aromatic heterocycles. The van der Waals surface area contributed by atoms with Crippen LogP contribution in [0.3, 0.4) is 0 Å². The zero-order chi connectivity index (χ0) is 11.5. The molecule has 0 aliphatic rings. The summed E-state index contributed by atoms with van der Waals surface area (Å²) in [5, 5.41) is 15.8. The molecular formula is C8H8N4O3S. The summed E-state index contributed by atoms with van der Waals surface area (Å²) in [5.74, 6) is -0.183. The van der Waals surface area contributed by atoms with Crippen molar-refractivity contribution in [3.8, 4) is 0 Å². The van der Waals surface area contributed by atoms with E-state index >= 15 is 0 Å². The summed E-state index contributed by atoms with van der Waals surface area (Å²) in [5.41, 5.74) is 0. The average molecular weight is 240 g/mol. The number of thiazole rings is 1. The molecule has 0 atom stereocenters. The molecule has 0 radical (unpaired) electrons. The highest BCUT2D eigenvalue weighted by Crippen LogP contribution is 2.05. The summed E-state index contributed by atoms with van der Waals surface area (Å²) in [6.07, 6.45) is 3.21. The summed E-state index contributed by atoms with van der Waals surface area (Å²) >= 11 is 1.12. The smallest absolute Gasteiger partial charge is 0.358 e. The SMILES string of the molecule is O=c1sccn1CCn1ccc([N+](=O)[O-])n1. The Hall–Kier alpha value is -1.96. The van der Waals surface area contributed by atoms with Gasteiger partial charge >= 0.3 is 10.7 Å². The van der Waals surface area contributed by atoms with Gasteiger partial charge < -0.3 is 14.7 Å². The second-order valence-electron chi connectivity index (χ2n) is 3.06. The number of hydrogen-bond acceptors (Lipinski definition) is 5. The van der Waals surface area contributed by atoms with Crippen molar-refractivity contribution in [1.29, 1.82) is 0 Å². The Bertz CT molecular complexity index is 555. The fraction of sp³-hybridized carbons (Fsp3) is 0.250. The highest BCUT2D eigenvalue weighted by molar-refractivity contribution is 7.07. The molecule has 0 N–H and O–H groups in total. The van der Waals surface area contributed by atoms with E-state index < -0.39 is 4.92 Å². The maximum atomic E-state index is 11.2. The quantitative estimate of drug-likeness (QED) is 0.582. The van der Waals surface area contributed by atoms with E-state index in [2.05, 4.69) is 5.10 Å². The van der Waals surface area contributed by atoms with E-state index in [4.69, 9.17) is 0 Å². The summed E-state index contributed by atoms with van der Waals surface area (Å²) in [6.45, 7) is 0.894. The maximum Gasteiger partial charge on any atom is 0.389 e. The average Bonchev–Trinajstić information content (AvgIpc) is 2.83. The molecule has 2 heterocycles. The van der Waals surface area contributed by atoms with Gasteiger partial charge in [-0.1, -0.05) is 11.3 Å². The van der Waals surface area contributed by atoms with Crippen LogP contribution in [-0.2, 0) is 13.1 Å². The minimum atomic E-state index is -0.548. The van der Waals surface area contributed by atoms with E-state index in [1.807, 2.05) is 0 Å². The van der Waals surface area contributed by atoms with Crippen LogP contribution in [-0.4, -0.2) is 19.3 Å². The molecule has 0 aliphatic heterocycles. The standard InChI is InChI=1S/C8H8N4O3S/c13-8-10(5-6-16-8)3-4-11-2-1-7(9-11)12(14)15/h1-2,5-6H,3-4H2. The molecule has 7 nitrogen and oxygen atoms in total. The van der Waals surface area contributed by atoms with Gasteiger partial charge in [-0.2, -0.15) is 4.68 Å². The van der Waals surface area contributed by atoms with E-state index in [1.165, 1.54) is 21.5 Å². The number of nitro groups is 1. The Kier molecular flexibility index (Phi) is 2.82. The molecule has 0 bridgehead atoms. The second-order valence-corrected chi connectivity index (χ2v) is 3.91. The third-order valence-corrected chi connectivity index (χ3v) is 2.72. The third kappa shape index (κ3) is 2.16. The molecule has 0 spiro atoms. The molecule has 0 aliphatic carbocycles. The Morgan fingerprint density at radius 2 is 2.25 bits per heavy atom. The van der Waals surface area contributed by atoms with Crippen LogP contribution in [0.4, 0.5) is 5.82 Å². The summed E-state index contributed by atoms with van der Waals surface area (Å²) in [4.78, 5) is 21.0. The fourth-order valence-electron chi connectivity index (χ4n) is 1.24. The lowest BCUT2D eigenvalue weighted by atomic mass is 10.6. The Labute approximate surface area is 93.7 Å². The molecule has 0 amide bonds. The van der Waals surface area contributed by atoms with Gasteiger partial charge in [0.1, 0.15) is 0 Å². The van der Waals surface area contributed by atoms with E-state index in [9.17, 15) is 14.9 Å². The lowest BCUT2D eigenvalue weighted by molar-refractivity contribution is -0.389. The monoisotopic (exact) mass is 240 g/mol. The molecule has 0 unspecified atom stereocenters. The predicted molar refractivity (Wildman–Crippen MR) is 57.5 cm³/mol. The Balaban J connectivity index is 2.02. The van der Waals surface area contributed by atoms with Crippen molar-refractivity contribution in [2.24, 2.45) is 0 Å². The van der Waals surface area contributed by atoms with Crippen molar-refractivity contribution in [2.75, 3.05) is 0 Å². The molecule has 0 fully saturated rings. The van der Waals surface area contributed by atoms with Gasteiger partial charge in [-0.3, -0.25) is 4.79 Å². The molecule has 0 saturated heterocycles. The van der Waals surface area contributed by atoms with E-state index in [0.29, 0.717) is 13.1 Å². The van der Waals surface area contributed by atoms with Crippen LogP contribution in [0, 0.1) is 10.1 Å². The highest BCUT2D eigenvalue weighted by atomic mass is 32.1. The third-order valence-electron chi connectivity index (χ3n) is 2.03.